The summed E-state index contributed by atoms with van der Waals surface area (Å²) in [5.74, 6) is -0.155. The maximum Gasteiger partial charge on any atom is 0.408 e. The fourth-order valence-corrected chi connectivity index (χ4v) is 3.95. The van der Waals surface area contributed by atoms with Crippen LogP contribution in [0.4, 0.5) is 4.79 Å². The molecule has 32 heavy (non-hydrogen) atoms. The zero-order valence-electron chi connectivity index (χ0n) is 19.0. The van der Waals surface area contributed by atoms with E-state index in [9.17, 15) is 9.59 Å². The van der Waals surface area contributed by atoms with Gasteiger partial charge in [0.05, 0.1) is 0 Å². The largest absolute Gasteiger partial charge is 0.445 e. The minimum atomic E-state index is -0.682. The number of carbonyl (C=O) groups is 2. The van der Waals surface area contributed by atoms with E-state index in [1.54, 1.807) is 0 Å². The highest BCUT2D eigenvalue weighted by Gasteiger charge is 2.26. The number of likely N-dealkylation sites (tertiary alicyclic amines) is 1. The van der Waals surface area contributed by atoms with Crippen molar-refractivity contribution in [1.29, 1.82) is 0 Å². The molecule has 3 rings (SSSR count). The summed E-state index contributed by atoms with van der Waals surface area (Å²) in [7, 11) is 0. The molecule has 172 valence electrons. The molecule has 6 heteroatoms. The lowest BCUT2D eigenvalue weighted by atomic mass is 10.0. The second-order valence-corrected chi connectivity index (χ2v) is 8.43. The van der Waals surface area contributed by atoms with Gasteiger partial charge in [0.1, 0.15) is 12.6 Å². The van der Waals surface area contributed by atoms with Gasteiger partial charge in [0.2, 0.25) is 5.91 Å². The third-order valence-corrected chi connectivity index (χ3v) is 5.87. The molecule has 2 amide bonds. The Morgan fingerprint density at radius 1 is 1.00 bits per heavy atom. The lowest BCUT2D eigenvalue weighted by Crippen LogP contribution is -2.53. The highest BCUT2D eigenvalue weighted by molar-refractivity contribution is 5.86. The zero-order chi connectivity index (χ0) is 22.6. The van der Waals surface area contributed by atoms with Crippen LogP contribution < -0.4 is 10.6 Å². The monoisotopic (exact) mass is 437 g/mol. The number of carbonyl (C=O) groups excluding carboxylic acids is 2. The van der Waals surface area contributed by atoms with E-state index < -0.39 is 12.1 Å². The van der Waals surface area contributed by atoms with Gasteiger partial charge in [-0.1, -0.05) is 74.0 Å². The van der Waals surface area contributed by atoms with Crippen molar-refractivity contribution in [2.24, 2.45) is 0 Å². The molecule has 2 N–H and O–H groups in total. The molecule has 1 unspecified atom stereocenters. The van der Waals surface area contributed by atoms with Crippen LogP contribution in [-0.2, 0) is 22.6 Å². The molecule has 0 bridgehead atoms. The van der Waals surface area contributed by atoms with Crippen LogP contribution in [-0.4, -0.2) is 48.6 Å². The molecule has 0 spiro atoms. The number of hydrogen-bond acceptors (Lipinski definition) is 4. The highest BCUT2D eigenvalue weighted by Crippen LogP contribution is 2.12. The van der Waals surface area contributed by atoms with E-state index in [1.807, 2.05) is 60.7 Å². The topological polar surface area (TPSA) is 70.7 Å². The summed E-state index contributed by atoms with van der Waals surface area (Å²) < 4.78 is 5.35. The Hall–Kier alpha value is -2.86. The van der Waals surface area contributed by atoms with Crippen molar-refractivity contribution in [2.45, 2.75) is 57.7 Å². The van der Waals surface area contributed by atoms with Crippen LogP contribution in [0.25, 0.3) is 0 Å². The fourth-order valence-electron chi connectivity index (χ4n) is 3.95. The van der Waals surface area contributed by atoms with Crippen molar-refractivity contribution in [1.82, 2.24) is 15.5 Å². The number of amides is 2. The van der Waals surface area contributed by atoms with Crippen LogP contribution in [0.15, 0.2) is 60.7 Å². The van der Waals surface area contributed by atoms with E-state index >= 15 is 0 Å². The molecule has 6 nitrogen and oxygen atoms in total. The SMILES string of the molecule is CCCCN1CCC(NC(=O)C(Cc2ccccc2)NC(=O)OCc2ccccc2)CC1. The van der Waals surface area contributed by atoms with Gasteiger partial charge in [-0.05, 0) is 36.9 Å². The second-order valence-electron chi connectivity index (χ2n) is 8.43. The van der Waals surface area contributed by atoms with Crippen molar-refractivity contribution in [3.63, 3.8) is 0 Å². The number of rotatable bonds is 10. The Morgan fingerprint density at radius 2 is 1.62 bits per heavy atom. The number of alkyl carbamates (subject to hydrolysis) is 1. The third kappa shape index (κ3) is 8.00. The number of piperidine rings is 1. The van der Waals surface area contributed by atoms with Gasteiger partial charge >= 0.3 is 6.09 Å². The summed E-state index contributed by atoms with van der Waals surface area (Å²) >= 11 is 0. The van der Waals surface area contributed by atoms with Gasteiger partial charge in [0, 0.05) is 25.6 Å². The Balaban J connectivity index is 1.54. The first kappa shape index (κ1) is 23.8. The summed E-state index contributed by atoms with van der Waals surface area (Å²) in [5.41, 5.74) is 1.90. The van der Waals surface area contributed by atoms with Gasteiger partial charge in [-0.2, -0.15) is 0 Å². The molecule has 0 aromatic heterocycles. The van der Waals surface area contributed by atoms with Crippen LogP contribution in [0.5, 0.6) is 0 Å². The molecule has 2 aromatic carbocycles. The number of unbranched alkanes of at least 4 members (excludes halogenated alkanes) is 1. The summed E-state index contributed by atoms with van der Waals surface area (Å²) in [5, 5.41) is 5.94. The lowest BCUT2D eigenvalue weighted by Gasteiger charge is -2.33. The summed E-state index contributed by atoms with van der Waals surface area (Å²) in [6, 6.07) is 18.7. The average molecular weight is 438 g/mol. The maximum atomic E-state index is 13.1. The van der Waals surface area contributed by atoms with Crippen molar-refractivity contribution in [2.75, 3.05) is 19.6 Å². The van der Waals surface area contributed by atoms with Crippen molar-refractivity contribution < 1.29 is 14.3 Å². The minimum Gasteiger partial charge on any atom is -0.445 e. The van der Waals surface area contributed by atoms with Crippen LogP contribution >= 0.6 is 0 Å². The molecular weight excluding hydrogens is 402 g/mol. The van der Waals surface area contributed by atoms with E-state index in [2.05, 4.69) is 22.5 Å². The van der Waals surface area contributed by atoms with Crippen LogP contribution in [0.3, 0.4) is 0 Å². The number of nitrogens with one attached hydrogen (secondary N) is 2. The molecule has 1 heterocycles. The zero-order valence-corrected chi connectivity index (χ0v) is 19.0. The summed E-state index contributed by atoms with van der Waals surface area (Å²) in [4.78, 5) is 28.0. The van der Waals surface area contributed by atoms with Gasteiger partial charge in [-0.25, -0.2) is 4.79 Å². The van der Waals surface area contributed by atoms with Gasteiger partial charge in [-0.3, -0.25) is 4.79 Å². The van der Waals surface area contributed by atoms with Crippen LogP contribution in [0.1, 0.15) is 43.7 Å². The Labute approximate surface area is 191 Å². The average Bonchev–Trinajstić information content (AvgIpc) is 2.83. The molecule has 0 saturated carbocycles. The highest BCUT2D eigenvalue weighted by atomic mass is 16.5. The van der Waals surface area contributed by atoms with E-state index in [4.69, 9.17) is 4.74 Å². The smallest absolute Gasteiger partial charge is 0.408 e. The fraction of sp³-hybridized carbons (Fsp3) is 0.462. The number of hydrogen-bond donors (Lipinski definition) is 2. The minimum absolute atomic E-state index is 0.140. The van der Waals surface area contributed by atoms with Crippen molar-refractivity contribution in [3.8, 4) is 0 Å². The van der Waals surface area contributed by atoms with E-state index in [0.29, 0.717) is 6.42 Å². The van der Waals surface area contributed by atoms with Gasteiger partial charge in [0.15, 0.2) is 0 Å². The van der Waals surface area contributed by atoms with Gasteiger partial charge in [0.25, 0.3) is 0 Å². The number of ether oxygens (including phenoxy) is 1. The van der Waals surface area contributed by atoms with Crippen molar-refractivity contribution >= 4 is 12.0 Å². The molecule has 1 fully saturated rings. The quantitative estimate of drug-likeness (QED) is 0.591. The molecule has 1 saturated heterocycles. The number of nitrogens with zero attached hydrogens (tertiary/aromatic N) is 1. The molecule has 1 atom stereocenters. The first-order chi connectivity index (χ1) is 15.6. The Kier molecular flexibility index (Phi) is 9.57. The van der Waals surface area contributed by atoms with Crippen LogP contribution in [0, 0.1) is 0 Å². The Bertz CT molecular complexity index is 821. The molecule has 1 aliphatic rings. The Morgan fingerprint density at radius 3 is 2.25 bits per heavy atom. The predicted octanol–water partition coefficient (Wildman–Crippen LogP) is 3.90. The molecule has 0 radical (unpaired) electrons. The van der Waals surface area contributed by atoms with Crippen LogP contribution in [0.2, 0.25) is 0 Å². The first-order valence-corrected chi connectivity index (χ1v) is 11.7. The molecule has 2 aromatic rings. The van der Waals surface area contributed by atoms with E-state index in [-0.39, 0.29) is 18.6 Å². The van der Waals surface area contributed by atoms with E-state index in [1.165, 1.54) is 12.8 Å². The summed E-state index contributed by atoms with van der Waals surface area (Å²) in [6.07, 6.45) is 4.12. The first-order valence-electron chi connectivity index (χ1n) is 11.7. The second kappa shape index (κ2) is 12.9. The molecular formula is C26H35N3O3. The van der Waals surface area contributed by atoms with Crippen molar-refractivity contribution in [3.05, 3.63) is 71.8 Å². The maximum absolute atomic E-state index is 13.1. The molecule has 1 aliphatic heterocycles. The van der Waals surface area contributed by atoms with E-state index in [0.717, 1.165) is 43.6 Å². The predicted molar refractivity (Wildman–Crippen MR) is 126 cm³/mol. The lowest BCUT2D eigenvalue weighted by molar-refractivity contribution is -0.124. The molecule has 0 aliphatic carbocycles. The third-order valence-electron chi connectivity index (χ3n) is 5.87. The number of benzene rings is 2. The van der Waals surface area contributed by atoms with Gasteiger partial charge in [-0.15, -0.1) is 0 Å². The standard InChI is InChI=1S/C26H35N3O3/c1-2-3-16-29-17-14-23(15-18-29)27-25(30)24(19-21-10-6-4-7-11-21)28-26(31)32-20-22-12-8-5-9-13-22/h4-13,23-24H,2-3,14-20H2,1H3,(H,27,30)(H,28,31). The van der Waals surface area contributed by atoms with Gasteiger partial charge < -0.3 is 20.3 Å². The normalized spacial score (nSPS) is 15.7. The summed E-state index contributed by atoms with van der Waals surface area (Å²) in [6.45, 7) is 5.50.